The number of fused-ring (bicyclic) bond motifs is 1. The quantitative estimate of drug-likeness (QED) is 0.434. The molecule has 1 aliphatic rings. The maximum absolute atomic E-state index is 14.0. The van der Waals surface area contributed by atoms with Crippen LogP contribution in [0, 0.1) is 5.82 Å². The Bertz CT molecular complexity index is 929. The number of aryl methyl sites for hydroxylation is 2. The zero-order chi connectivity index (χ0) is 20.1. The second-order valence-electron chi connectivity index (χ2n) is 6.53. The van der Waals surface area contributed by atoms with Crippen LogP contribution in [0.25, 0.3) is 0 Å². The summed E-state index contributed by atoms with van der Waals surface area (Å²) < 4.78 is 19.0. The molecule has 1 aliphatic carbocycles. The van der Waals surface area contributed by atoms with Crippen LogP contribution in [-0.2, 0) is 27.2 Å². The number of hydrogen-bond donors (Lipinski definition) is 1. The monoisotopic (exact) mass is 401 g/mol. The molecule has 28 heavy (non-hydrogen) atoms. The molecule has 3 rings (SSSR count). The standard InChI is InChI=1S/C21H20FNO4S/c1-13(24)23-16-6-8-18(19(22)10-16)20(25)11-27-21(26)12-28-17-7-5-14-3-2-4-15(14)9-17/h5-10H,2-4,11-12H2,1H3,(H,23,24). The highest BCUT2D eigenvalue weighted by Gasteiger charge is 2.16. The molecule has 0 heterocycles. The van der Waals surface area contributed by atoms with Gasteiger partial charge in [0, 0.05) is 17.5 Å². The largest absolute Gasteiger partial charge is 0.457 e. The van der Waals surface area contributed by atoms with Gasteiger partial charge in [-0.3, -0.25) is 14.4 Å². The number of halogens is 1. The zero-order valence-corrected chi connectivity index (χ0v) is 16.2. The van der Waals surface area contributed by atoms with Crippen molar-refractivity contribution >= 4 is 35.1 Å². The fraction of sp³-hybridized carbons (Fsp3) is 0.286. The van der Waals surface area contributed by atoms with Crippen LogP contribution in [0.1, 0.15) is 34.8 Å². The van der Waals surface area contributed by atoms with E-state index >= 15 is 0 Å². The maximum atomic E-state index is 14.0. The van der Waals surface area contributed by atoms with Gasteiger partial charge in [-0.05, 0) is 60.7 Å². The predicted molar refractivity (Wildman–Crippen MR) is 105 cm³/mol. The SMILES string of the molecule is CC(=O)Nc1ccc(C(=O)COC(=O)CSc2ccc3c(c2)CCC3)c(F)c1. The molecule has 0 radical (unpaired) electrons. The third-order valence-corrected chi connectivity index (χ3v) is 5.35. The van der Waals surface area contributed by atoms with E-state index in [1.54, 1.807) is 0 Å². The summed E-state index contributed by atoms with van der Waals surface area (Å²) in [4.78, 5) is 36.0. The van der Waals surface area contributed by atoms with Crippen LogP contribution in [0.5, 0.6) is 0 Å². The predicted octanol–water partition coefficient (Wildman–Crippen LogP) is 3.79. The molecule has 0 bridgehead atoms. The number of thioether (sulfide) groups is 1. The number of hydrogen-bond acceptors (Lipinski definition) is 5. The first-order valence-electron chi connectivity index (χ1n) is 8.93. The number of carbonyl (C=O) groups is 3. The summed E-state index contributed by atoms with van der Waals surface area (Å²) >= 11 is 1.35. The fourth-order valence-electron chi connectivity index (χ4n) is 3.07. The normalized spacial score (nSPS) is 12.4. The maximum Gasteiger partial charge on any atom is 0.316 e. The van der Waals surface area contributed by atoms with Gasteiger partial charge in [0.05, 0.1) is 11.3 Å². The molecule has 1 N–H and O–H groups in total. The number of ketones is 1. The zero-order valence-electron chi connectivity index (χ0n) is 15.4. The molecule has 0 atom stereocenters. The third kappa shape index (κ3) is 5.19. The molecule has 146 valence electrons. The van der Waals surface area contributed by atoms with Gasteiger partial charge >= 0.3 is 5.97 Å². The fourth-order valence-corrected chi connectivity index (χ4v) is 3.83. The molecule has 2 aromatic rings. The summed E-state index contributed by atoms with van der Waals surface area (Å²) in [6.07, 6.45) is 3.33. The van der Waals surface area contributed by atoms with Crippen LogP contribution in [0.2, 0.25) is 0 Å². The topological polar surface area (TPSA) is 72.5 Å². The van der Waals surface area contributed by atoms with Crippen molar-refractivity contribution in [2.45, 2.75) is 31.1 Å². The number of anilines is 1. The summed E-state index contributed by atoms with van der Waals surface area (Å²) in [5.74, 6) is -2.21. The summed E-state index contributed by atoms with van der Waals surface area (Å²) in [6, 6.07) is 9.91. The van der Waals surface area contributed by atoms with Crippen molar-refractivity contribution in [3.63, 3.8) is 0 Å². The Balaban J connectivity index is 1.49. The Labute approximate surface area is 166 Å². The van der Waals surface area contributed by atoms with Crippen molar-refractivity contribution in [3.05, 3.63) is 58.9 Å². The second-order valence-corrected chi connectivity index (χ2v) is 7.58. The lowest BCUT2D eigenvalue weighted by Crippen LogP contribution is -2.17. The first kappa shape index (κ1) is 20.1. The van der Waals surface area contributed by atoms with E-state index in [0.29, 0.717) is 0 Å². The first-order valence-corrected chi connectivity index (χ1v) is 9.91. The molecule has 0 aliphatic heterocycles. The highest BCUT2D eigenvalue weighted by molar-refractivity contribution is 8.00. The van der Waals surface area contributed by atoms with Crippen LogP contribution in [0.3, 0.4) is 0 Å². The molecule has 5 nitrogen and oxygen atoms in total. The van der Waals surface area contributed by atoms with Crippen LogP contribution < -0.4 is 5.32 Å². The number of rotatable bonds is 7. The number of benzene rings is 2. The molecule has 2 aromatic carbocycles. The van der Waals surface area contributed by atoms with E-state index in [4.69, 9.17) is 4.74 Å². The minimum Gasteiger partial charge on any atom is -0.457 e. The Kier molecular flexibility index (Phi) is 6.46. The van der Waals surface area contributed by atoms with E-state index in [9.17, 15) is 18.8 Å². The molecule has 0 spiro atoms. The van der Waals surface area contributed by atoms with E-state index in [2.05, 4.69) is 17.4 Å². The second kappa shape index (κ2) is 9.01. The minimum atomic E-state index is -0.778. The molecule has 1 amide bonds. The number of carbonyl (C=O) groups excluding carboxylic acids is 3. The van der Waals surface area contributed by atoms with Gasteiger partial charge < -0.3 is 10.1 Å². The number of nitrogens with one attached hydrogen (secondary N) is 1. The summed E-state index contributed by atoms with van der Waals surface area (Å²) in [5, 5.41) is 2.43. The van der Waals surface area contributed by atoms with Gasteiger partial charge in [-0.15, -0.1) is 11.8 Å². The van der Waals surface area contributed by atoms with E-state index in [1.807, 2.05) is 6.07 Å². The Morgan fingerprint density at radius 1 is 1.11 bits per heavy atom. The van der Waals surface area contributed by atoms with Gasteiger partial charge in [0.2, 0.25) is 11.7 Å². The van der Waals surface area contributed by atoms with Crippen LogP contribution >= 0.6 is 11.8 Å². The molecular formula is C21H20FNO4S. The summed E-state index contributed by atoms with van der Waals surface area (Å²) in [6.45, 7) is 0.775. The number of esters is 1. The smallest absolute Gasteiger partial charge is 0.316 e. The van der Waals surface area contributed by atoms with Crippen molar-refractivity contribution < 1.29 is 23.5 Å². The van der Waals surface area contributed by atoms with Gasteiger partial charge in [-0.1, -0.05) is 6.07 Å². The van der Waals surface area contributed by atoms with E-state index in [1.165, 1.54) is 41.9 Å². The summed E-state index contributed by atoms with van der Waals surface area (Å²) in [5.41, 5.74) is 2.76. The number of Topliss-reactive ketones (excluding diaryl/α,β-unsaturated/α-hetero) is 1. The first-order chi connectivity index (χ1) is 13.4. The van der Waals surface area contributed by atoms with Gasteiger partial charge in [0.25, 0.3) is 0 Å². The van der Waals surface area contributed by atoms with E-state index in [0.717, 1.165) is 30.2 Å². The van der Waals surface area contributed by atoms with Crippen molar-refractivity contribution in [2.24, 2.45) is 0 Å². The van der Waals surface area contributed by atoms with Crippen LogP contribution in [0.4, 0.5) is 10.1 Å². The van der Waals surface area contributed by atoms with Crippen molar-refractivity contribution in [2.75, 3.05) is 17.7 Å². The molecule has 0 unspecified atom stereocenters. The Morgan fingerprint density at radius 2 is 1.89 bits per heavy atom. The van der Waals surface area contributed by atoms with E-state index < -0.39 is 24.2 Å². The average Bonchev–Trinajstić information content (AvgIpc) is 3.12. The Hall–Kier alpha value is -2.67. The minimum absolute atomic E-state index is 0.0794. The third-order valence-electron chi connectivity index (χ3n) is 4.38. The lowest BCUT2D eigenvalue weighted by molar-refractivity contribution is -0.139. The van der Waals surface area contributed by atoms with E-state index in [-0.39, 0.29) is 22.9 Å². The highest BCUT2D eigenvalue weighted by atomic mass is 32.2. The van der Waals surface area contributed by atoms with Gasteiger partial charge in [0.1, 0.15) is 5.82 Å². The Morgan fingerprint density at radius 3 is 2.64 bits per heavy atom. The van der Waals surface area contributed by atoms with Crippen molar-refractivity contribution in [3.8, 4) is 0 Å². The average molecular weight is 401 g/mol. The van der Waals surface area contributed by atoms with Crippen molar-refractivity contribution in [1.82, 2.24) is 0 Å². The molecule has 7 heteroatoms. The molecule has 0 fully saturated rings. The van der Waals surface area contributed by atoms with Crippen molar-refractivity contribution in [1.29, 1.82) is 0 Å². The van der Waals surface area contributed by atoms with Gasteiger partial charge in [-0.25, -0.2) is 4.39 Å². The van der Waals surface area contributed by atoms with Crippen LogP contribution in [-0.4, -0.2) is 30.0 Å². The summed E-state index contributed by atoms with van der Waals surface area (Å²) in [7, 11) is 0. The highest BCUT2D eigenvalue weighted by Crippen LogP contribution is 2.27. The molecular weight excluding hydrogens is 381 g/mol. The van der Waals surface area contributed by atoms with Gasteiger partial charge in [-0.2, -0.15) is 0 Å². The molecule has 0 saturated heterocycles. The molecule has 0 saturated carbocycles. The number of ether oxygens (including phenoxy) is 1. The molecule has 0 aromatic heterocycles. The van der Waals surface area contributed by atoms with Crippen LogP contribution in [0.15, 0.2) is 41.3 Å². The number of amides is 1. The lowest BCUT2D eigenvalue weighted by Gasteiger charge is -2.08. The van der Waals surface area contributed by atoms with Gasteiger partial charge in [0.15, 0.2) is 6.61 Å². The lowest BCUT2D eigenvalue weighted by atomic mass is 10.1.